The largest absolute Gasteiger partial charge is 0.494 e. The van der Waals surface area contributed by atoms with E-state index < -0.39 is 0 Å². The van der Waals surface area contributed by atoms with Crippen molar-refractivity contribution in [2.75, 3.05) is 13.7 Å². The van der Waals surface area contributed by atoms with Crippen LogP contribution in [0.4, 0.5) is 0 Å². The molecule has 4 nitrogen and oxygen atoms in total. The Balaban J connectivity index is 0. The van der Waals surface area contributed by atoms with Crippen molar-refractivity contribution < 1.29 is 14.3 Å². The van der Waals surface area contributed by atoms with E-state index in [0.29, 0.717) is 5.92 Å². The molecule has 0 amide bonds. The first-order valence-corrected chi connectivity index (χ1v) is 9.82. The average Bonchev–Trinajstić information content (AvgIpc) is 2.68. The molecule has 0 aromatic heterocycles. The van der Waals surface area contributed by atoms with Crippen LogP contribution >= 0.6 is 0 Å². The van der Waals surface area contributed by atoms with Crippen LogP contribution < -0.4 is 10.9 Å². The van der Waals surface area contributed by atoms with E-state index in [-0.39, 0.29) is 24.5 Å². The van der Waals surface area contributed by atoms with Gasteiger partial charge in [-0.3, -0.25) is 4.79 Å². The van der Waals surface area contributed by atoms with Gasteiger partial charge in [-0.15, -0.1) is 5.92 Å². The Morgan fingerprint density at radius 1 is 1.15 bits per heavy atom. The van der Waals surface area contributed by atoms with Crippen LogP contribution in [0.5, 0.6) is 5.75 Å². The molecule has 2 atom stereocenters. The van der Waals surface area contributed by atoms with Gasteiger partial charge in [-0.2, -0.15) is 0 Å². The third-order valence-electron chi connectivity index (χ3n) is 4.13. The lowest BCUT2D eigenvalue weighted by atomic mass is 9.96. The van der Waals surface area contributed by atoms with Crippen LogP contribution in [-0.2, 0) is 9.53 Å². The number of hydrogen-bond acceptors (Lipinski definition) is 4. The van der Waals surface area contributed by atoms with Gasteiger partial charge in [-0.1, -0.05) is 65.0 Å². The summed E-state index contributed by atoms with van der Waals surface area (Å²) < 4.78 is 10.6. The number of carbonyl (C=O) groups is 1. The first-order chi connectivity index (χ1) is 12.6. The van der Waals surface area contributed by atoms with E-state index >= 15 is 0 Å². The Morgan fingerprint density at radius 3 is 2.30 bits per heavy atom. The zero-order valence-corrected chi connectivity index (χ0v) is 18.1. The van der Waals surface area contributed by atoms with Crippen molar-refractivity contribution in [1.29, 1.82) is 0 Å². The molecular formula is C23H39NO3. The molecule has 2 unspecified atom stereocenters. The maximum atomic E-state index is 11.5. The van der Waals surface area contributed by atoms with Crippen LogP contribution in [0.1, 0.15) is 78.2 Å². The monoisotopic (exact) mass is 377 g/mol. The van der Waals surface area contributed by atoms with Crippen molar-refractivity contribution in [1.82, 2.24) is 6.15 Å². The second-order valence-electron chi connectivity index (χ2n) is 6.18. The summed E-state index contributed by atoms with van der Waals surface area (Å²) in [7, 11) is 1.40. The molecule has 27 heavy (non-hydrogen) atoms. The number of unbranched alkanes of at least 4 members (excludes halogenated alkanes) is 1. The van der Waals surface area contributed by atoms with Crippen molar-refractivity contribution in [2.24, 2.45) is 5.92 Å². The van der Waals surface area contributed by atoms with Crippen LogP contribution in [-0.4, -0.2) is 19.7 Å². The van der Waals surface area contributed by atoms with Crippen LogP contribution in [0.25, 0.3) is 0 Å². The highest BCUT2D eigenvalue weighted by Crippen LogP contribution is 2.23. The van der Waals surface area contributed by atoms with E-state index in [1.807, 2.05) is 38.1 Å². The van der Waals surface area contributed by atoms with Gasteiger partial charge in [0.15, 0.2) is 0 Å². The fraction of sp³-hybridized carbons (Fsp3) is 0.609. The minimum absolute atomic E-state index is 0. The highest BCUT2D eigenvalue weighted by atomic mass is 16.5. The number of carbonyl (C=O) groups excluding carboxylic acids is 1. The van der Waals surface area contributed by atoms with E-state index in [1.165, 1.54) is 26.4 Å². The molecule has 0 fully saturated rings. The number of hydrogen-bond donors (Lipinski definition) is 1. The van der Waals surface area contributed by atoms with Crippen molar-refractivity contribution in [3.63, 3.8) is 0 Å². The minimum Gasteiger partial charge on any atom is -0.494 e. The normalized spacial score (nSPS) is 11.5. The maximum absolute atomic E-state index is 11.5. The van der Waals surface area contributed by atoms with Crippen molar-refractivity contribution >= 4 is 5.97 Å². The number of benzene rings is 1. The summed E-state index contributed by atoms with van der Waals surface area (Å²) in [5.41, 5.74) is 1.01. The van der Waals surface area contributed by atoms with E-state index in [0.717, 1.165) is 24.3 Å². The van der Waals surface area contributed by atoms with Crippen molar-refractivity contribution in [2.45, 2.75) is 72.6 Å². The van der Waals surface area contributed by atoms with Crippen molar-refractivity contribution in [3.8, 4) is 17.6 Å². The average molecular weight is 378 g/mol. The summed E-state index contributed by atoms with van der Waals surface area (Å²) in [6.45, 7) is 11.0. The fourth-order valence-electron chi connectivity index (χ4n) is 2.55. The minimum atomic E-state index is -0.246. The molecule has 0 radical (unpaired) electrons. The first kappa shape index (κ1) is 27.2. The fourth-order valence-corrected chi connectivity index (χ4v) is 2.55. The quantitative estimate of drug-likeness (QED) is 0.393. The predicted octanol–water partition coefficient (Wildman–Crippen LogP) is 6.14. The van der Waals surface area contributed by atoms with Gasteiger partial charge in [-0.05, 0) is 37.0 Å². The number of rotatable bonds is 10. The molecule has 0 saturated heterocycles. The molecule has 4 heteroatoms. The van der Waals surface area contributed by atoms with Crippen LogP contribution in [0.15, 0.2) is 24.3 Å². The van der Waals surface area contributed by atoms with Crippen LogP contribution in [0, 0.1) is 17.8 Å². The molecule has 3 N–H and O–H groups in total. The van der Waals surface area contributed by atoms with Gasteiger partial charge < -0.3 is 15.6 Å². The predicted molar refractivity (Wildman–Crippen MR) is 114 cm³/mol. The Labute approximate surface area is 166 Å². The topological polar surface area (TPSA) is 70.5 Å². The highest BCUT2D eigenvalue weighted by Gasteiger charge is 2.14. The molecule has 1 aromatic carbocycles. The Bertz CT molecular complexity index is 543. The van der Waals surface area contributed by atoms with Gasteiger partial charge >= 0.3 is 5.97 Å². The Kier molecular flexibility index (Phi) is 17.6. The van der Waals surface area contributed by atoms with Gasteiger partial charge in [0.25, 0.3) is 0 Å². The number of esters is 1. The van der Waals surface area contributed by atoms with Crippen molar-refractivity contribution in [3.05, 3.63) is 29.8 Å². The second-order valence-corrected chi connectivity index (χ2v) is 6.18. The molecule has 1 rings (SSSR count). The van der Waals surface area contributed by atoms with Gasteiger partial charge in [0.1, 0.15) is 5.75 Å². The summed E-state index contributed by atoms with van der Waals surface area (Å²) in [6, 6.07) is 7.86. The molecule has 0 saturated carbocycles. The second kappa shape index (κ2) is 17.4. The lowest BCUT2D eigenvalue weighted by Gasteiger charge is -2.13. The zero-order valence-electron chi connectivity index (χ0n) is 18.1. The van der Waals surface area contributed by atoms with Gasteiger partial charge in [0, 0.05) is 0 Å². The summed E-state index contributed by atoms with van der Waals surface area (Å²) in [5, 5.41) is 0. The number of methoxy groups -OCH3 is 1. The number of ether oxygens (including phenoxy) is 2. The highest BCUT2D eigenvalue weighted by molar-refractivity contribution is 5.71. The van der Waals surface area contributed by atoms with E-state index in [1.54, 1.807) is 6.92 Å². The van der Waals surface area contributed by atoms with Gasteiger partial charge in [-0.25, -0.2) is 0 Å². The SMILES string of the molecule is CC.CC#CC(CC(=O)OC)c1ccc(OCCC(C)CCCC)cc1.N. The van der Waals surface area contributed by atoms with E-state index in [2.05, 4.69) is 25.7 Å². The van der Waals surface area contributed by atoms with Crippen LogP contribution in [0.2, 0.25) is 0 Å². The molecule has 0 heterocycles. The van der Waals surface area contributed by atoms with Gasteiger partial charge in [0.2, 0.25) is 0 Å². The third-order valence-corrected chi connectivity index (χ3v) is 4.13. The molecule has 0 aliphatic carbocycles. The molecule has 1 aromatic rings. The molecular weight excluding hydrogens is 338 g/mol. The van der Waals surface area contributed by atoms with Gasteiger partial charge in [0.05, 0.1) is 26.1 Å². The smallest absolute Gasteiger partial charge is 0.307 e. The summed E-state index contributed by atoms with van der Waals surface area (Å²) in [5.74, 6) is 7.14. The standard InChI is InChI=1S/C21H30O3.C2H6.H3N/c1-5-7-9-17(3)14-15-24-20-12-10-18(11-13-20)19(8-6-2)16-21(22)23-4;1-2;/h10-13,17,19H,5,7,9,14-16H2,1-4H3;1-2H3;1H3. The summed E-state index contributed by atoms with van der Waals surface area (Å²) in [6.07, 6.45) is 5.15. The lowest BCUT2D eigenvalue weighted by Crippen LogP contribution is -2.07. The Morgan fingerprint density at radius 2 is 1.78 bits per heavy atom. The van der Waals surface area contributed by atoms with E-state index in [4.69, 9.17) is 9.47 Å². The molecule has 0 aliphatic heterocycles. The molecule has 0 spiro atoms. The molecule has 154 valence electrons. The first-order valence-electron chi connectivity index (χ1n) is 9.82. The zero-order chi connectivity index (χ0) is 19.8. The lowest BCUT2D eigenvalue weighted by molar-refractivity contribution is -0.140. The third kappa shape index (κ3) is 12.1. The molecule has 0 bridgehead atoms. The summed E-state index contributed by atoms with van der Waals surface area (Å²) >= 11 is 0. The summed E-state index contributed by atoms with van der Waals surface area (Å²) in [4.78, 5) is 11.5. The molecule has 0 aliphatic rings. The van der Waals surface area contributed by atoms with E-state index in [9.17, 15) is 4.79 Å². The Hall–Kier alpha value is -1.99. The maximum Gasteiger partial charge on any atom is 0.307 e. The van der Waals surface area contributed by atoms with Crippen LogP contribution in [0.3, 0.4) is 0 Å².